The van der Waals surface area contributed by atoms with Crippen LogP contribution in [0.5, 0.6) is 5.88 Å². The van der Waals surface area contributed by atoms with Gasteiger partial charge in [0, 0.05) is 13.1 Å². The largest absolute Gasteiger partial charge is 0.477 e. The molecule has 1 atom stereocenters. The van der Waals surface area contributed by atoms with E-state index in [1.165, 1.54) is 0 Å². The average Bonchev–Trinajstić information content (AvgIpc) is 3.11. The van der Waals surface area contributed by atoms with Crippen molar-refractivity contribution in [2.24, 2.45) is 0 Å². The SMILES string of the molecule is Cc1cc(F)c(COc2nsc(NC(=O)NCCCCCC(O)CN(C)C)c2C(=O)O)c(F)c1. The minimum absolute atomic E-state index is 0.0587. The molecule has 34 heavy (non-hydrogen) atoms. The number of benzene rings is 1. The fourth-order valence-electron chi connectivity index (χ4n) is 3.20. The van der Waals surface area contributed by atoms with Crippen LogP contribution in [-0.4, -0.2) is 64.8 Å². The highest BCUT2D eigenvalue weighted by atomic mass is 32.1. The number of carbonyl (C=O) groups is 2. The predicted molar refractivity (Wildman–Crippen MR) is 125 cm³/mol. The van der Waals surface area contributed by atoms with Crippen molar-refractivity contribution in [3.05, 3.63) is 40.5 Å². The highest BCUT2D eigenvalue weighted by molar-refractivity contribution is 7.11. The van der Waals surface area contributed by atoms with Crippen LogP contribution in [0, 0.1) is 18.6 Å². The Kier molecular flexibility index (Phi) is 10.6. The number of aliphatic hydroxyl groups is 1. The van der Waals surface area contributed by atoms with Crippen LogP contribution in [0.2, 0.25) is 0 Å². The second kappa shape index (κ2) is 13.2. The molecule has 0 saturated heterocycles. The Morgan fingerprint density at radius 1 is 1.21 bits per heavy atom. The lowest BCUT2D eigenvalue weighted by atomic mass is 10.1. The number of amides is 2. The molecule has 188 valence electrons. The number of aryl methyl sites for hydroxylation is 1. The van der Waals surface area contributed by atoms with Gasteiger partial charge in [-0.2, -0.15) is 4.37 Å². The molecule has 2 rings (SSSR count). The number of nitrogens with zero attached hydrogens (tertiary/aromatic N) is 2. The standard InChI is InChI=1S/C22H30F2N4O5S/c1-13-9-16(23)15(17(24)10-13)12-33-19-18(21(30)31)20(34-27-19)26-22(32)25-8-6-4-5-7-14(29)11-28(2)3/h9-10,14,29H,4-8,11-12H2,1-3H3,(H,30,31)(H2,25,26,32). The maximum absolute atomic E-state index is 14.0. The van der Waals surface area contributed by atoms with Crippen molar-refractivity contribution in [1.82, 2.24) is 14.6 Å². The molecular weight excluding hydrogens is 470 g/mol. The van der Waals surface area contributed by atoms with Crippen LogP contribution < -0.4 is 15.4 Å². The number of nitrogens with one attached hydrogen (secondary N) is 2. The molecule has 0 saturated carbocycles. The first-order valence-corrected chi connectivity index (χ1v) is 11.5. The third-order valence-electron chi connectivity index (χ3n) is 4.82. The van der Waals surface area contributed by atoms with Crippen molar-refractivity contribution in [2.45, 2.75) is 45.3 Å². The Morgan fingerprint density at radius 3 is 2.50 bits per heavy atom. The van der Waals surface area contributed by atoms with Crippen molar-refractivity contribution in [1.29, 1.82) is 0 Å². The molecule has 4 N–H and O–H groups in total. The predicted octanol–water partition coefficient (Wildman–Crippen LogP) is 3.61. The smallest absolute Gasteiger partial charge is 0.344 e. The Balaban J connectivity index is 1.85. The van der Waals surface area contributed by atoms with Crippen LogP contribution in [0.4, 0.5) is 18.6 Å². The third-order valence-corrected chi connectivity index (χ3v) is 5.56. The Morgan fingerprint density at radius 2 is 1.88 bits per heavy atom. The van der Waals surface area contributed by atoms with E-state index in [1.54, 1.807) is 6.92 Å². The van der Waals surface area contributed by atoms with Crippen LogP contribution in [0.1, 0.15) is 47.2 Å². The van der Waals surface area contributed by atoms with E-state index in [-0.39, 0.29) is 22.5 Å². The van der Waals surface area contributed by atoms with E-state index in [0.29, 0.717) is 43.0 Å². The van der Waals surface area contributed by atoms with E-state index >= 15 is 0 Å². The van der Waals surface area contributed by atoms with Crippen molar-refractivity contribution in [3.8, 4) is 5.88 Å². The van der Waals surface area contributed by atoms with Crippen LogP contribution in [0.15, 0.2) is 12.1 Å². The molecule has 0 aliphatic carbocycles. The number of carbonyl (C=O) groups excluding carboxylic acids is 1. The van der Waals surface area contributed by atoms with E-state index in [2.05, 4.69) is 15.0 Å². The fourth-order valence-corrected chi connectivity index (χ4v) is 3.92. The van der Waals surface area contributed by atoms with Gasteiger partial charge in [-0.15, -0.1) is 0 Å². The van der Waals surface area contributed by atoms with Gasteiger partial charge in [0.05, 0.1) is 11.7 Å². The number of aliphatic hydroxyl groups excluding tert-OH is 1. The second-order valence-corrected chi connectivity index (χ2v) is 8.91. The topological polar surface area (TPSA) is 124 Å². The summed E-state index contributed by atoms with van der Waals surface area (Å²) in [5.41, 5.74) is -0.350. The molecule has 2 amide bonds. The molecule has 0 spiro atoms. The number of carboxylic acid groups (broad SMARTS) is 1. The maximum Gasteiger partial charge on any atom is 0.344 e. The number of aromatic carboxylic acids is 1. The van der Waals surface area contributed by atoms with Gasteiger partial charge in [0.2, 0.25) is 5.88 Å². The summed E-state index contributed by atoms with van der Waals surface area (Å²) in [6.07, 6.45) is 2.61. The average molecular weight is 501 g/mol. The number of hydrogen-bond donors (Lipinski definition) is 4. The minimum atomic E-state index is -1.40. The van der Waals surface area contributed by atoms with Gasteiger partial charge >= 0.3 is 12.0 Å². The van der Waals surface area contributed by atoms with Crippen LogP contribution in [0.3, 0.4) is 0 Å². The molecule has 0 fully saturated rings. The van der Waals surface area contributed by atoms with Crippen LogP contribution in [-0.2, 0) is 6.61 Å². The number of hydrogen-bond acceptors (Lipinski definition) is 7. The molecule has 1 aromatic heterocycles. The lowest BCUT2D eigenvalue weighted by Crippen LogP contribution is -2.29. The first kappa shape index (κ1) is 27.4. The highest BCUT2D eigenvalue weighted by Gasteiger charge is 2.24. The molecule has 9 nitrogen and oxygen atoms in total. The molecule has 0 aliphatic rings. The van der Waals surface area contributed by atoms with Gasteiger partial charge in [0.15, 0.2) is 5.56 Å². The summed E-state index contributed by atoms with van der Waals surface area (Å²) in [5.74, 6) is -3.37. The normalized spacial score (nSPS) is 12.0. The maximum atomic E-state index is 14.0. The zero-order valence-corrected chi connectivity index (χ0v) is 20.2. The zero-order chi connectivity index (χ0) is 25.3. The number of halogens is 2. The molecule has 0 radical (unpaired) electrons. The number of anilines is 1. The van der Waals surface area contributed by atoms with Crippen molar-refractivity contribution in [2.75, 3.05) is 32.5 Å². The molecule has 1 unspecified atom stereocenters. The van der Waals surface area contributed by atoms with Gasteiger partial charge in [-0.1, -0.05) is 12.8 Å². The molecule has 1 heterocycles. The van der Waals surface area contributed by atoms with E-state index in [1.807, 2.05) is 19.0 Å². The lowest BCUT2D eigenvalue weighted by Gasteiger charge is -2.15. The van der Waals surface area contributed by atoms with Crippen molar-refractivity contribution >= 4 is 28.5 Å². The summed E-state index contributed by atoms with van der Waals surface area (Å²) in [5, 5.41) is 24.3. The molecule has 0 aliphatic heterocycles. The Hall–Kier alpha value is -2.83. The lowest BCUT2D eigenvalue weighted by molar-refractivity contribution is 0.0693. The van der Waals surface area contributed by atoms with Gasteiger partial charge < -0.3 is 25.2 Å². The van der Waals surface area contributed by atoms with Crippen molar-refractivity contribution < 1.29 is 33.3 Å². The monoisotopic (exact) mass is 500 g/mol. The number of rotatable bonds is 13. The summed E-state index contributed by atoms with van der Waals surface area (Å²) in [6.45, 7) is 1.95. The zero-order valence-electron chi connectivity index (χ0n) is 19.4. The van der Waals surface area contributed by atoms with E-state index in [4.69, 9.17) is 4.74 Å². The second-order valence-electron chi connectivity index (χ2n) is 8.14. The number of urea groups is 1. The Labute approximate surface area is 200 Å². The highest BCUT2D eigenvalue weighted by Crippen LogP contribution is 2.31. The molecule has 2 aromatic rings. The number of unbranched alkanes of at least 4 members (excludes halogenated alkanes) is 2. The number of carboxylic acids is 1. The summed E-state index contributed by atoms with van der Waals surface area (Å²) >= 11 is 0.687. The quantitative estimate of drug-likeness (QED) is 0.310. The summed E-state index contributed by atoms with van der Waals surface area (Å²) < 4.78 is 37.1. The third kappa shape index (κ3) is 8.50. The van der Waals surface area contributed by atoms with E-state index in [9.17, 15) is 28.6 Å². The van der Waals surface area contributed by atoms with Crippen LogP contribution >= 0.6 is 11.5 Å². The first-order chi connectivity index (χ1) is 16.1. The van der Waals surface area contributed by atoms with Crippen molar-refractivity contribution in [3.63, 3.8) is 0 Å². The number of likely N-dealkylation sites (N-methyl/N-ethyl adjacent to an activating group) is 1. The first-order valence-electron chi connectivity index (χ1n) is 10.8. The molecule has 0 bridgehead atoms. The summed E-state index contributed by atoms with van der Waals surface area (Å²) in [4.78, 5) is 25.7. The van der Waals surface area contributed by atoms with Gasteiger partial charge in [-0.05, 0) is 63.1 Å². The minimum Gasteiger partial charge on any atom is -0.477 e. The fraction of sp³-hybridized carbons (Fsp3) is 0.500. The van der Waals surface area contributed by atoms with Crippen LogP contribution in [0.25, 0.3) is 0 Å². The number of ether oxygens (including phenoxy) is 1. The number of aromatic nitrogens is 1. The summed E-state index contributed by atoms with van der Waals surface area (Å²) in [7, 11) is 3.78. The molecule has 12 heteroatoms. The Bertz CT molecular complexity index is 963. The van der Waals surface area contributed by atoms with Gasteiger partial charge in [0.25, 0.3) is 0 Å². The summed E-state index contributed by atoms with van der Waals surface area (Å²) in [6, 6.07) is 1.68. The van der Waals surface area contributed by atoms with E-state index < -0.39 is 35.8 Å². The molecular formula is C22H30F2N4O5S. The van der Waals surface area contributed by atoms with Gasteiger partial charge in [0.1, 0.15) is 23.2 Å². The van der Waals surface area contributed by atoms with E-state index in [0.717, 1.165) is 25.0 Å². The van der Waals surface area contributed by atoms with Gasteiger partial charge in [-0.25, -0.2) is 18.4 Å². The van der Waals surface area contributed by atoms with Gasteiger partial charge in [-0.3, -0.25) is 5.32 Å². The molecule has 1 aromatic carbocycles.